The zero-order valence-corrected chi connectivity index (χ0v) is 15.1. The van der Waals surface area contributed by atoms with Gasteiger partial charge in [-0.15, -0.1) is 0 Å². The number of nitrogens with zero attached hydrogens (tertiary/aromatic N) is 2. The molecule has 2 aromatic rings. The largest absolute Gasteiger partial charge is 0.459 e. The number of allylic oxidation sites excluding steroid dienone is 2. The van der Waals surface area contributed by atoms with Crippen LogP contribution in [0.3, 0.4) is 0 Å². The van der Waals surface area contributed by atoms with E-state index >= 15 is 0 Å². The maximum absolute atomic E-state index is 6.28. The van der Waals surface area contributed by atoms with Crippen molar-refractivity contribution < 1.29 is 9.15 Å². The first-order valence-corrected chi connectivity index (χ1v) is 8.11. The molecule has 0 unspecified atom stereocenters. The van der Waals surface area contributed by atoms with Crippen molar-refractivity contribution in [2.24, 2.45) is 9.98 Å². The topological polar surface area (TPSA) is 47.1 Å². The van der Waals surface area contributed by atoms with Crippen LogP contribution >= 0.6 is 11.6 Å². The third-order valence-corrected chi connectivity index (χ3v) is 3.54. The Morgan fingerprint density at radius 2 is 1.88 bits per heavy atom. The van der Waals surface area contributed by atoms with Crippen molar-refractivity contribution in [2.45, 2.75) is 20.8 Å². The first kappa shape index (κ1) is 18.0. The van der Waals surface area contributed by atoms with Gasteiger partial charge < -0.3 is 9.15 Å². The summed E-state index contributed by atoms with van der Waals surface area (Å²) in [6.45, 7) is 6.39. The van der Waals surface area contributed by atoms with Crippen LogP contribution in [0.15, 0.2) is 67.7 Å². The summed E-state index contributed by atoms with van der Waals surface area (Å²) >= 11 is 6.28. The summed E-state index contributed by atoms with van der Waals surface area (Å²) in [4.78, 5) is 8.78. The average molecular weight is 345 g/mol. The van der Waals surface area contributed by atoms with Gasteiger partial charge in [0.25, 0.3) is 0 Å². The summed E-state index contributed by atoms with van der Waals surface area (Å²) in [6.07, 6.45) is 1.56. The molecule has 0 saturated carbocycles. The van der Waals surface area contributed by atoms with Gasteiger partial charge in [0.2, 0.25) is 0 Å². The Balaban J connectivity index is 2.32. The summed E-state index contributed by atoms with van der Waals surface area (Å²) in [5.41, 5.74) is 2.26. The monoisotopic (exact) mass is 344 g/mol. The third-order valence-electron chi connectivity index (χ3n) is 3.35. The number of hydrogen-bond acceptors (Lipinski definition) is 4. The van der Waals surface area contributed by atoms with E-state index in [4.69, 9.17) is 20.8 Å². The molecule has 2 rings (SSSR count). The van der Waals surface area contributed by atoms with Gasteiger partial charge in [0.15, 0.2) is 11.5 Å². The van der Waals surface area contributed by atoms with Crippen molar-refractivity contribution in [2.75, 3.05) is 13.6 Å². The molecule has 5 heteroatoms. The van der Waals surface area contributed by atoms with Crippen LogP contribution in [0.4, 0.5) is 0 Å². The van der Waals surface area contributed by atoms with Crippen molar-refractivity contribution in [1.82, 2.24) is 0 Å². The van der Waals surface area contributed by atoms with Crippen LogP contribution in [0.1, 0.15) is 26.5 Å². The lowest BCUT2D eigenvalue weighted by molar-refractivity contribution is 0.465. The van der Waals surface area contributed by atoms with Gasteiger partial charge >= 0.3 is 0 Å². The Labute approximate surface area is 147 Å². The Hall–Kier alpha value is -2.33. The van der Waals surface area contributed by atoms with Crippen molar-refractivity contribution in [1.29, 1.82) is 0 Å². The van der Waals surface area contributed by atoms with E-state index in [-0.39, 0.29) is 0 Å². The molecule has 0 bridgehead atoms. The predicted octanol–water partition coefficient (Wildman–Crippen LogP) is 5.48. The van der Waals surface area contributed by atoms with Crippen molar-refractivity contribution in [3.05, 3.63) is 59.0 Å². The fourth-order valence-electron chi connectivity index (χ4n) is 2.37. The van der Waals surface area contributed by atoms with Crippen LogP contribution in [0, 0.1) is 0 Å². The van der Waals surface area contributed by atoms with Crippen LogP contribution < -0.4 is 4.74 Å². The molecule has 0 aliphatic carbocycles. The number of para-hydroxylation sites is 1. The fourth-order valence-corrected chi connectivity index (χ4v) is 2.59. The maximum atomic E-state index is 6.28. The van der Waals surface area contributed by atoms with E-state index in [1.54, 1.807) is 19.4 Å². The van der Waals surface area contributed by atoms with Crippen LogP contribution in [0.2, 0.25) is 0 Å². The standard InChI is InChI=1S/C19H21ClN2O2/c1-5-22-14(3)18(13(2)20)19(21-4)17-11-16(12-23-17)24-15-9-7-6-8-10-15/h6-12H,5H2,1-4H3/b18-13-,21-19?,22-14?. The first-order valence-electron chi connectivity index (χ1n) is 7.73. The predicted molar refractivity (Wildman–Crippen MR) is 99.9 cm³/mol. The molecule has 1 heterocycles. The molecule has 1 aromatic carbocycles. The van der Waals surface area contributed by atoms with Crippen molar-refractivity contribution in [3.63, 3.8) is 0 Å². The van der Waals surface area contributed by atoms with Gasteiger partial charge in [-0.2, -0.15) is 0 Å². The normalized spacial score (nSPS) is 13.7. The molecule has 0 amide bonds. The van der Waals surface area contributed by atoms with Gasteiger partial charge in [-0.1, -0.05) is 29.8 Å². The van der Waals surface area contributed by atoms with Gasteiger partial charge in [0.1, 0.15) is 17.7 Å². The Kier molecular flexibility index (Phi) is 6.38. The van der Waals surface area contributed by atoms with Crippen LogP contribution in [-0.4, -0.2) is 25.0 Å². The highest BCUT2D eigenvalue weighted by Crippen LogP contribution is 2.26. The lowest BCUT2D eigenvalue weighted by Crippen LogP contribution is -2.13. The zero-order valence-electron chi connectivity index (χ0n) is 14.3. The van der Waals surface area contributed by atoms with Gasteiger partial charge in [0, 0.05) is 36.0 Å². The SMILES string of the molecule is CCN=C(C)/C(C(=NC)c1cc(Oc2ccccc2)co1)=C(\C)Cl. The second-order valence-corrected chi connectivity index (χ2v) is 5.67. The number of rotatable bonds is 6. The molecular weight excluding hydrogens is 324 g/mol. The van der Waals surface area contributed by atoms with E-state index in [0.717, 1.165) is 17.0 Å². The zero-order chi connectivity index (χ0) is 17.5. The number of furan rings is 1. The molecule has 0 aliphatic heterocycles. The molecule has 0 N–H and O–H groups in total. The highest BCUT2D eigenvalue weighted by Gasteiger charge is 2.19. The van der Waals surface area contributed by atoms with E-state index in [1.165, 1.54) is 0 Å². The molecule has 0 fully saturated rings. The smallest absolute Gasteiger partial charge is 0.166 e. The van der Waals surface area contributed by atoms with E-state index in [0.29, 0.717) is 28.8 Å². The summed E-state index contributed by atoms with van der Waals surface area (Å²) < 4.78 is 11.4. The molecule has 1 aromatic heterocycles. The summed E-state index contributed by atoms with van der Waals surface area (Å²) in [5, 5.41) is 0.618. The molecule has 0 atom stereocenters. The third kappa shape index (κ3) is 4.36. The number of ether oxygens (including phenoxy) is 1. The Bertz CT molecular complexity index is 770. The van der Waals surface area contributed by atoms with E-state index in [9.17, 15) is 0 Å². The Morgan fingerprint density at radius 3 is 2.46 bits per heavy atom. The Morgan fingerprint density at radius 1 is 1.17 bits per heavy atom. The minimum Gasteiger partial charge on any atom is -0.459 e. The van der Waals surface area contributed by atoms with Gasteiger partial charge in [-0.3, -0.25) is 9.98 Å². The van der Waals surface area contributed by atoms with Gasteiger partial charge in [-0.05, 0) is 32.9 Å². The van der Waals surface area contributed by atoms with Crippen LogP contribution in [-0.2, 0) is 0 Å². The summed E-state index contributed by atoms with van der Waals surface area (Å²) in [7, 11) is 1.70. The molecule has 4 nitrogen and oxygen atoms in total. The quantitative estimate of drug-likeness (QED) is 0.651. The molecular formula is C19H21ClN2O2. The van der Waals surface area contributed by atoms with Crippen molar-refractivity contribution in [3.8, 4) is 11.5 Å². The maximum Gasteiger partial charge on any atom is 0.166 e. The lowest BCUT2D eigenvalue weighted by Gasteiger charge is -2.10. The van der Waals surface area contributed by atoms with Crippen molar-refractivity contribution >= 4 is 23.0 Å². The number of benzene rings is 1. The van der Waals surface area contributed by atoms with Gasteiger partial charge in [-0.25, -0.2) is 0 Å². The number of halogens is 1. The molecule has 0 aliphatic rings. The highest BCUT2D eigenvalue weighted by atomic mass is 35.5. The molecule has 126 valence electrons. The summed E-state index contributed by atoms with van der Waals surface area (Å²) in [5.74, 6) is 1.94. The fraction of sp³-hybridized carbons (Fsp3) is 0.263. The minimum atomic E-state index is 0.587. The second-order valence-electron chi connectivity index (χ2n) is 5.10. The molecule has 24 heavy (non-hydrogen) atoms. The second kappa shape index (κ2) is 8.50. The van der Waals surface area contributed by atoms with Gasteiger partial charge in [0.05, 0.1) is 0 Å². The number of hydrogen-bond donors (Lipinski definition) is 0. The molecule has 0 spiro atoms. The van der Waals surface area contributed by atoms with E-state index in [1.807, 2.05) is 51.1 Å². The van der Waals surface area contributed by atoms with Crippen LogP contribution in [0.5, 0.6) is 11.5 Å². The lowest BCUT2D eigenvalue weighted by atomic mass is 10.0. The summed E-state index contributed by atoms with van der Waals surface area (Å²) in [6, 6.07) is 11.3. The van der Waals surface area contributed by atoms with E-state index in [2.05, 4.69) is 9.98 Å². The first-order chi connectivity index (χ1) is 11.6. The molecule has 0 radical (unpaired) electrons. The molecule has 0 saturated heterocycles. The highest BCUT2D eigenvalue weighted by molar-refractivity contribution is 6.39. The minimum absolute atomic E-state index is 0.587. The van der Waals surface area contributed by atoms with E-state index < -0.39 is 0 Å². The van der Waals surface area contributed by atoms with Crippen LogP contribution in [0.25, 0.3) is 0 Å². The average Bonchev–Trinajstić information content (AvgIpc) is 3.01. The number of aliphatic imine (C=N–C) groups is 2.